The molecule has 1 unspecified atom stereocenters. The average molecular weight is 659 g/mol. The topological polar surface area (TPSA) is 86.8 Å². The lowest BCUT2D eigenvalue weighted by molar-refractivity contribution is -0.141. The second kappa shape index (κ2) is 13.7. The van der Waals surface area contributed by atoms with Crippen molar-refractivity contribution in [1.82, 2.24) is 10.2 Å². The Balaban J connectivity index is 2.12. The quantitative estimate of drug-likeness (QED) is 0.249. The van der Waals surface area contributed by atoms with Gasteiger partial charge < -0.3 is 10.2 Å². The van der Waals surface area contributed by atoms with Gasteiger partial charge in [0.1, 0.15) is 12.6 Å². The van der Waals surface area contributed by atoms with Gasteiger partial charge in [0.15, 0.2) is 0 Å². The van der Waals surface area contributed by atoms with E-state index in [9.17, 15) is 18.0 Å². The van der Waals surface area contributed by atoms with E-state index in [1.807, 2.05) is 20.8 Å². The molecule has 2 amide bonds. The number of halogens is 4. The van der Waals surface area contributed by atoms with Crippen LogP contribution in [0.25, 0.3) is 0 Å². The summed E-state index contributed by atoms with van der Waals surface area (Å²) in [6.45, 7) is 6.58. The minimum absolute atomic E-state index is 0.0260. The van der Waals surface area contributed by atoms with Crippen LogP contribution in [-0.2, 0) is 26.2 Å². The molecule has 0 aromatic heterocycles. The number of carbonyl (C=O) groups is 2. The van der Waals surface area contributed by atoms with Gasteiger partial charge in [0, 0.05) is 17.1 Å². The predicted molar refractivity (Wildman–Crippen MR) is 166 cm³/mol. The van der Waals surface area contributed by atoms with Gasteiger partial charge in [0.25, 0.3) is 10.0 Å². The first-order valence-electron chi connectivity index (χ1n) is 12.7. The van der Waals surface area contributed by atoms with E-state index in [4.69, 9.17) is 46.4 Å². The number of rotatable bonds is 10. The van der Waals surface area contributed by atoms with Crippen molar-refractivity contribution in [1.29, 1.82) is 0 Å². The van der Waals surface area contributed by atoms with E-state index < -0.39 is 34.1 Å². The van der Waals surface area contributed by atoms with Gasteiger partial charge >= 0.3 is 0 Å². The Hall–Kier alpha value is -2.49. The number of anilines is 1. The molecule has 0 saturated heterocycles. The smallest absolute Gasteiger partial charge is 0.264 e. The van der Waals surface area contributed by atoms with Crippen LogP contribution in [0.15, 0.2) is 71.6 Å². The van der Waals surface area contributed by atoms with Crippen LogP contribution in [0.3, 0.4) is 0 Å². The molecule has 3 aromatic carbocycles. The van der Waals surface area contributed by atoms with Crippen LogP contribution in [-0.4, -0.2) is 43.3 Å². The van der Waals surface area contributed by atoms with Crippen molar-refractivity contribution in [2.24, 2.45) is 0 Å². The Bertz CT molecular complexity index is 1510. The molecule has 0 saturated carbocycles. The first-order chi connectivity index (χ1) is 19.1. The summed E-state index contributed by atoms with van der Waals surface area (Å²) in [5, 5.41) is 3.84. The lowest BCUT2D eigenvalue weighted by Gasteiger charge is -2.35. The minimum atomic E-state index is -4.28. The number of carbonyl (C=O) groups excluding carboxylic acids is 2. The third-order valence-electron chi connectivity index (χ3n) is 6.01. The van der Waals surface area contributed by atoms with Crippen molar-refractivity contribution in [2.45, 2.75) is 57.1 Å². The van der Waals surface area contributed by atoms with Gasteiger partial charge in [0.05, 0.1) is 25.7 Å². The maximum absolute atomic E-state index is 14.1. The summed E-state index contributed by atoms with van der Waals surface area (Å²) in [4.78, 5) is 28.8. The van der Waals surface area contributed by atoms with Crippen molar-refractivity contribution in [3.63, 3.8) is 0 Å². The number of hydrogen-bond donors (Lipinski definition) is 1. The molecule has 0 aliphatic rings. The standard InChI is InChI=1S/C29H31Cl4N3O4S/c1-5-25(28(38)34-29(2,3)4)35(17-19-11-13-22(31)24(33)15-19)27(37)18-36(26-16-20(30)12-14-23(26)32)41(39,40)21-9-7-6-8-10-21/h6-16,25H,5,17-18H2,1-4H3,(H,34,38). The van der Waals surface area contributed by atoms with E-state index in [1.165, 1.54) is 35.2 Å². The Morgan fingerprint density at radius 1 is 0.878 bits per heavy atom. The molecule has 220 valence electrons. The van der Waals surface area contributed by atoms with Gasteiger partial charge in [-0.1, -0.05) is 77.6 Å². The number of amides is 2. The van der Waals surface area contributed by atoms with Crippen LogP contribution in [0.2, 0.25) is 20.1 Å². The third-order valence-corrected chi connectivity index (χ3v) is 9.08. The van der Waals surface area contributed by atoms with Crippen molar-refractivity contribution in [3.05, 3.63) is 92.4 Å². The molecule has 7 nitrogen and oxygen atoms in total. The summed E-state index contributed by atoms with van der Waals surface area (Å²) in [6, 6.07) is 16.0. The Kier molecular flexibility index (Phi) is 11.0. The Morgan fingerprint density at radius 3 is 2.10 bits per heavy atom. The van der Waals surface area contributed by atoms with Crippen LogP contribution in [0.1, 0.15) is 39.7 Å². The van der Waals surface area contributed by atoms with E-state index in [1.54, 1.807) is 43.3 Å². The molecule has 0 fully saturated rings. The molecule has 0 aliphatic carbocycles. The summed E-state index contributed by atoms with van der Waals surface area (Å²) >= 11 is 25.0. The molecular formula is C29H31Cl4N3O4S. The highest BCUT2D eigenvalue weighted by Gasteiger charge is 2.35. The summed E-state index contributed by atoms with van der Waals surface area (Å²) in [5.41, 5.74) is 0.0610. The van der Waals surface area contributed by atoms with Crippen molar-refractivity contribution < 1.29 is 18.0 Å². The molecule has 0 spiro atoms. The zero-order valence-corrected chi connectivity index (χ0v) is 26.8. The zero-order valence-electron chi connectivity index (χ0n) is 23.0. The number of nitrogens with zero attached hydrogens (tertiary/aromatic N) is 2. The maximum atomic E-state index is 14.1. The minimum Gasteiger partial charge on any atom is -0.350 e. The third kappa shape index (κ3) is 8.52. The van der Waals surface area contributed by atoms with Crippen LogP contribution in [0.4, 0.5) is 5.69 Å². The number of hydrogen-bond acceptors (Lipinski definition) is 4. The van der Waals surface area contributed by atoms with Crippen molar-refractivity contribution in [2.75, 3.05) is 10.8 Å². The highest BCUT2D eigenvalue weighted by molar-refractivity contribution is 7.92. The van der Waals surface area contributed by atoms with E-state index in [-0.39, 0.29) is 44.5 Å². The number of nitrogens with one attached hydrogen (secondary N) is 1. The molecular weight excluding hydrogens is 628 g/mol. The van der Waals surface area contributed by atoms with E-state index in [2.05, 4.69) is 5.32 Å². The molecule has 0 aliphatic heterocycles. The fraction of sp³-hybridized carbons (Fsp3) is 0.310. The second-order valence-corrected chi connectivity index (χ2v) is 13.9. The highest BCUT2D eigenvalue weighted by Crippen LogP contribution is 2.33. The molecule has 1 atom stereocenters. The van der Waals surface area contributed by atoms with Crippen molar-refractivity contribution >= 4 is 73.9 Å². The predicted octanol–water partition coefficient (Wildman–Crippen LogP) is 7.22. The van der Waals surface area contributed by atoms with E-state index >= 15 is 0 Å². The number of sulfonamides is 1. The Morgan fingerprint density at radius 2 is 1.51 bits per heavy atom. The Labute approximate surface area is 261 Å². The summed E-state index contributed by atoms with van der Waals surface area (Å²) in [7, 11) is -4.28. The molecule has 3 aromatic rings. The van der Waals surface area contributed by atoms with Crippen LogP contribution >= 0.6 is 46.4 Å². The first-order valence-corrected chi connectivity index (χ1v) is 15.7. The van der Waals surface area contributed by atoms with Gasteiger partial charge in [-0.15, -0.1) is 0 Å². The lowest BCUT2D eigenvalue weighted by atomic mass is 10.1. The van der Waals surface area contributed by atoms with Crippen molar-refractivity contribution in [3.8, 4) is 0 Å². The fourth-order valence-electron chi connectivity index (χ4n) is 4.12. The van der Waals surface area contributed by atoms with E-state index in [0.29, 0.717) is 10.6 Å². The van der Waals surface area contributed by atoms with Crippen LogP contribution < -0.4 is 9.62 Å². The lowest BCUT2D eigenvalue weighted by Crippen LogP contribution is -2.55. The van der Waals surface area contributed by atoms with Gasteiger partial charge in [-0.05, 0) is 75.2 Å². The monoisotopic (exact) mass is 657 g/mol. The molecule has 41 heavy (non-hydrogen) atoms. The SMILES string of the molecule is CCC(C(=O)NC(C)(C)C)N(Cc1ccc(Cl)c(Cl)c1)C(=O)CN(c1cc(Cl)ccc1Cl)S(=O)(=O)c1ccccc1. The number of benzene rings is 3. The molecule has 0 radical (unpaired) electrons. The molecule has 3 rings (SSSR count). The van der Waals surface area contributed by atoms with Gasteiger partial charge in [-0.3, -0.25) is 13.9 Å². The molecule has 0 bridgehead atoms. The maximum Gasteiger partial charge on any atom is 0.264 e. The summed E-state index contributed by atoms with van der Waals surface area (Å²) in [6.07, 6.45) is 0.262. The summed E-state index contributed by atoms with van der Waals surface area (Å²) < 4.78 is 28.7. The van der Waals surface area contributed by atoms with Gasteiger partial charge in [-0.25, -0.2) is 8.42 Å². The van der Waals surface area contributed by atoms with E-state index in [0.717, 1.165) is 4.31 Å². The molecule has 0 heterocycles. The summed E-state index contributed by atoms with van der Waals surface area (Å²) in [5.74, 6) is -1.02. The largest absolute Gasteiger partial charge is 0.350 e. The zero-order chi connectivity index (χ0) is 30.5. The normalized spacial score (nSPS) is 12.5. The van der Waals surface area contributed by atoms with Gasteiger partial charge in [0.2, 0.25) is 11.8 Å². The average Bonchev–Trinajstić information content (AvgIpc) is 2.90. The molecule has 12 heteroatoms. The molecule has 1 N–H and O–H groups in total. The van der Waals surface area contributed by atoms with Gasteiger partial charge in [-0.2, -0.15) is 0 Å². The first kappa shape index (κ1) is 33.0. The van der Waals surface area contributed by atoms with Crippen LogP contribution in [0.5, 0.6) is 0 Å². The fourth-order valence-corrected chi connectivity index (χ4v) is 6.32. The second-order valence-electron chi connectivity index (χ2n) is 10.4. The highest BCUT2D eigenvalue weighted by atomic mass is 35.5. The van der Waals surface area contributed by atoms with Crippen LogP contribution in [0, 0.1) is 0 Å².